The molecule has 18 heavy (non-hydrogen) atoms. The second-order valence-electron chi connectivity index (χ2n) is 4.59. The Hall–Kier alpha value is -1.14. The van der Waals surface area contributed by atoms with Crippen LogP contribution in [0.3, 0.4) is 0 Å². The first-order valence-corrected chi connectivity index (χ1v) is 6.69. The standard InChI is InChI=1S/C12H22N4OS/c1-9-14-6-10(18-9)7-15-11(13-4)16-8-12(2,3)17-5/h6H,7-8H2,1-5H3,(H2,13,15,16). The minimum atomic E-state index is -0.210. The Morgan fingerprint density at radius 2 is 2.22 bits per heavy atom. The Bertz CT molecular complexity index is 401. The molecule has 1 aromatic heterocycles. The fourth-order valence-electron chi connectivity index (χ4n) is 1.25. The van der Waals surface area contributed by atoms with E-state index >= 15 is 0 Å². The summed E-state index contributed by atoms with van der Waals surface area (Å²) >= 11 is 1.69. The Morgan fingerprint density at radius 3 is 2.72 bits per heavy atom. The fraction of sp³-hybridized carbons (Fsp3) is 0.667. The number of ether oxygens (including phenoxy) is 1. The summed E-state index contributed by atoms with van der Waals surface area (Å²) in [7, 11) is 3.46. The number of aromatic nitrogens is 1. The third-order valence-electron chi connectivity index (χ3n) is 2.56. The molecule has 0 atom stereocenters. The van der Waals surface area contributed by atoms with Gasteiger partial charge in [0.05, 0.1) is 17.2 Å². The minimum Gasteiger partial charge on any atom is -0.377 e. The van der Waals surface area contributed by atoms with Gasteiger partial charge in [-0.2, -0.15) is 0 Å². The highest BCUT2D eigenvalue weighted by atomic mass is 32.1. The summed E-state index contributed by atoms with van der Waals surface area (Å²) in [6, 6.07) is 0. The Morgan fingerprint density at radius 1 is 1.50 bits per heavy atom. The number of rotatable bonds is 5. The van der Waals surface area contributed by atoms with Crippen LogP contribution >= 0.6 is 11.3 Å². The van der Waals surface area contributed by atoms with Gasteiger partial charge < -0.3 is 15.4 Å². The number of guanidine groups is 1. The molecule has 5 nitrogen and oxygen atoms in total. The summed E-state index contributed by atoms with van der Waals surface area (Å²) in [5, 5.41) is 7.56. The van der Waals surface area contributed by atoms with E-state index in [1.807, 2.05) is 27.0 Å². The molecule has 0 fully saturated rings. The lowest BCUT2D eigenvalue weighted by Gasteiger charge is -2.24. The zero-order valence-corrected chi connectivity index (χ0v) is 12.5. The van der Waals surface area contributed by atoms with Crippen LogP contribution in [0.4, 0.5) is 0 Å². The molecule has 6 heteroatoms. The molecule has 0 saturated heterocycles. The molecule has 0 saturated carbocycles. The van der Waals surface area contributed by atoms with E-state index in [0.29, 0.717) is 6.54 Å². The van der Waals surface area contributed by atoms with E-state index in [-0.39, 0.29) is 5.60 Å². The molecule has 1 aromatic rings. The number of hydrogen-bond acceptors (Lipinski definition) is 4. The van der Waals surface area contributed by atoms with Crippen LogP contribution in [0.25, 0.3) is 0 Å². The number of hydrogen-bond donors (Lipinski definition) is 2. The summed E-state index contributed by atoms with van der Waals surface area (Å²) in [6.45, 7) is 7.49. The van der Waals surface area contributed by atoms with Gasteiger partial charge in [-0.1, -0.05) is 0 Å². The van der Waals surface area contributed by atoms with E-state index in [9.17, 15) is 0 Å². The molecule has 0 amide bonds. The average molecular weight is 270 g/mol. The lowest BCUT2D eigenvalue weighted by atomic mass is 10.1. The molecule has 0 spiro atoms. The van der Waals surface area contributed by atoms with Crippen molar-refractivity contribution in [3.05, 3.63) is 16.1 Å². The van der Waals surface area contributed by atoms with Crippen molar-refractivity contribution in [1.82, 2.24) is 15.6 Å². The summed E-state index contributed by atoms with van der Waals surface area (Å²) in [5.74, 6) is 0.770. The molecule has 0 unspecified atom stereocenters. The third-order valence-corrected chi connectivity index (χ3v) is 3.47. The smallest absolute Gasteiger partial charge is 0.191 e. The molecule has 0 aromatic carbocycles. The molecular formula is C12H22N4OS. The summed E-state index contributed by atoms with van der Waals surface area (Å²) in [6.07, 6.45) is 1.89. The molecule has 0 radical (unpaired) electrons. The van der Waals surface area contributed by atoms with Crippen LogP contribution in [0.15, 0.2) is 11.2 Å². The molecule has 0 bridgehead atoms. The Labute approximate surface area is 113 Å². The number of aryl methyl sites for hydroxylation is 1. The van der Waals surface area contributed by atoms with Crippen LogP contribution in [0, 0.1) is 6.92 Å². The zero-order chi connectivity index (χ0) is 13.6. The number of nitrogens with zero attached hydrogens (tertiary/aromatic N) is 2. The predicted molar refractivity (Wildman–Crippen MR) is 76.1 cm³/mol. The maximum Gasteiger partial charge on any atom is 0.191 e. The van der Waals surface area contributed by atoms with Gasteiger partial charge in [-0.25, -0.2) is 4.98 Å². The van der Waals surface area contributed by atoms with Crippen molar-refractivity contribution in [2.45, 2.75) is 32.9 Å². The minimum absolute atomic E-state index is 0.210. The quantitative estimate of drug-likeness (QED) is 0.629. The summed E-state index contributed by atoms with van der Waals surface area (Å²) < 4.78 is 5.35. The van der Waals surface area contributed by atoms with Crippen LogP contribution in [-0.2, 0) is 11.3 Å². The van der Waals surface area contributed by atoms with Crippen molar-refractivity contribution in [1.29, 1.82) is 0 Å². The van der Waals surface area contributed by atoms with Crippen molar-refractivity contribution in [3.8, 4) is 0 Å². The van der Waals surface area contributed by atoms with Crippen LogP contribution in [0.5, 0.6) is 0 Å². The van der Waals surface area contributed by atoms with Gasteiger partial charge in [-0.05, 0) is 20.8 Å². The van der Waals surface area contributed by atoms with Crippen molar-refractivity contribution in [3.63, 3.8) is 0 Å². The average Bonchev–Trinajstić information content (AvgIpc) is 2.75. The lowest BCUT2D eigenvalue weighted by Crippen LogP contribution is -2.44. The van der Waals surface area contributed by atoms with E-state index < -0.39 is 0 Å². The Balaban J connectivity index is 2.39. The molecule has 0 aliphatic heterocycles. The predicted octanol–water partition coefficient (Wildman–Crippen LogP) is 1.54. The Kier molecular flexibility index (Phi) is 5.55. The van der Waals surface area contributed by atoms with Gasteiger partial charge in [-0.15, -0.1) is 11.3 Å². The maximum absolute atomic E-state index is 5.35. The molecule has 2 N–H and O–H groups in total. The van der Waals surface area contributed by atoms with Gasteiger partial charge in [0.2, 0.25) is 0 Å². The summed E-state index contributed by atoms with van der Waals surface area (Å²) in [5.41, 5.74) is -0.210. The van der Waals surface area contributed by atoms with Gasteiger partial charge in [0.25, 0.3) is 0 Å². The lowest BCUT2D eigenvalue weighted by molar-refractivity contribution is 0.0268. The van der Waals surface area contributed by atoms with Crippen molar-refractivity contribution >= 4 is 17.3 Å². The number of methoxy groups -OCH3 is 1. The maximum atomic E-state index is 5.35. The van der Waals surface area contributed by atoms with Gasteiger partial charge in [0, 0.05) is 31.8 Å². The first-order valence-electron chi connectivity index (χ1n) is 5.88. The largest absolute Gasteiger partial charge is 0.377 e. The third kappa shape index (κ3) is 5.01. The SMILES string of the molecule is CN=C(NCc1cnc(C)s1)NCC(C)(C)OC. The van der Waals surface area contributed by atoms with Crippen LogP contribution in [-0.4, -0.2) is 37.2 Å². The molecule has 0 aliphatic rings. The van der Waals surface area contributed by atoms with E-state index in [1.54, 1.807) is 25.5 Å². The number of thiazole rings is 1. The van der Waals surface area contributed by atoms with Crippen molar-refractivity contribution < 1.29 is 4.74 Å². The number of nitrogens with one attached hydrogen (secondary N) is 2. The first-order chi connectivity index (χ1) is 8.46. The highest BCUT2D eigenvalue weighted by Crippen LogP contribution is 2.10. The van der Waals surface area contributed by atoms with Gasteiger partial charge in [-0.3, -0.25) is 4.99 Å². The van der Waals surface area contributed by atoms with Crippen LogP contribution in [0.1, 0.15) is 23.7 Å². The molecular weight excluding hydrogens is 248 g/mol. The van der Waals surface area contributed by atoms with Crippen LogP contribution < -0.4 is 10.6 Å². The van der Waals surface area contributed by atoms with E-state index in [2.05, 4.69) is 20.6 Å². The van der Waals surface area contributed by atoms with Crippen LogP contribution in [0.2, 0.25) is 0 Å². The molecule has 102 valence electrons. The number of aliphatic imine (C=N–C) groups is 1. The highest BCUT2D eigenvalue weighted by molar-refractivity contribution is 7.11. The topological polar surface area (TPSA) is 58.5 Å². The van der Waals surface area contributed by atoms with Gasteiger partial charge in [0.1, 0.15) is 0 Å². The van der Waals surface area contributed by atoms with E-state index in [4.69, 9.17) is 4.74 Å². The van der Waals surface area contributed by atoms with E-state index in [0.717, 1.165) is 17.5 Å². The first kappa shape index (κ1) is 14.9. The van der Waals surface area contributed by atoms with Crippen molar-refractivity contribution in [2.75, 3.05) is 20.7 Å². The normalized spacial score (nSPS) is 12.6. The monoisotopic (exact) mass is 270 g/mol. The van der Waals surface area contributed by atoms with Crippen molar-refractivity contribution in [2.24, 2.45) is 4.99 Å². The molecule has 1 rings (SSSR count). The van der Waals surface area contributed by atoms with Gasteiger partial charge in [0.15, 0.2) is 5.96 Å². The summed E-state index contributed by atoms with van der Waals surface area (Å²) in [4.78, 5) is 9.58. The zero-order valence-electron chi connectivity index (χ0n) is 11.7. The van der Waals surface area contributed by atoms with E-state index in [1.165, 1.54) is 4.88 Å². The second-order valence-corrected chi connectivity index (χ2v) is 5.91. The molecule has 0 aliphatic carbocycles. The molecule has 1 heterocycles. The fourth-order valence-corrected chi connectivity index (χ4v) is 1.98. The second kappa shape index (κ2) is 6.70. The highest BCUT2D eigenvalue weighted by Gasteiger charge is 2.16. The van der Waals surface area contributed by atoms with Gasteiger partial charge >= 0.3 is 0 Å².